The largest absolute Gasteiger partial charge is 0.396 e. The summed E-state index contributed by atoms with van der Waals surface area (Å²) in [6, 6.07) is 10.2. The molecule has 0 heterocycles. The number of carbonyl (C=O) groups excluding carboxylic acids is 1. The minimum Gasteiger partial charge on any atom is -0.396 e. The van der Waals surface area contributed by atoms with Crippen LogP contribution in [-0.2, 0) is 6.42 Å². The molecule has 0 radical (unpaired) electrons. The number of rotatable bonds is 8. The number of benzene rings is 1. The maximum absolute atomic E-state index is 11.9. The van der Waals surface area contributed by atoms with Gasteiger partial charge in [0.05, 0.1) is 0 Å². The Labute approximate surface area is 121 Å². The van der Waals surface area contributed by atoms with E-state index in [4.69, 9.17) is 5.11 Å². The standard InChI is InChI=1S/C16H26N2O2/c1-3-14(10-11-19)17-16(20)18-15(4-2)12-13-8-6-5-7-9-13/h5-9,14-15,19H,3-4,10-12H2,1-2H3,(H2,17,18,20). The van der Waals surface area contributed by atoms with E-state index in [1.165, 1.54) is 5.56 Å². The van der Waals surface area contributed by atoms with Gasteiger partial charge in [0.2, 0.25) is 0 Å². The van der Waals surface area contributed by atoms with Gasteiger partial charge in [-0.2, -0.15) is 0 Å². The molecule has 0 aliphatic rings. The van der Waals surface area contributed by atoms with E-state index in [9.17, 15) is 4.79 Å². The van der Waals surface area contributed by atoms with Gasteiger partial charge in [-0.3, -0.25) is 0 Å². The second-order valence-electron chi connectivity index (χ2n) is 5.03. The van der Waals surface area contributed by atoms with Crippen LogP contribution in [0.2, 0.25) is 0 Å². The number of urea groups is 1. The van der Waals surface area contributed by atoms with Crippen molar-refractivity contribution in [2.75, 3.05) is 6.61 Å². The quantitative estimate of drug-likeness (QED) is 0.684. The fourth-order valence-corrected chi connectivity index (χ4v) is 2.14. The fraction of sp³-hybridized carbons (Fsp3) is 0.562. The van der Waals surface area contributed by atoms with Crippen molar-refractivity contribution in [2.24, 2.45) is 0 Å². The van der Waals surface area contributed by atoms with Crippen molar-refractivity contribution in [3.05, 3.63) is 35.9 Å². The normalized spacial score (nSPS) is 13.6. The summed E-state index contributed by atoms with van der Waals surface area (Å²) in [5, 5.41) is 14.8. The zero-order valence-electron chi connectivity index (χ0n) is 12.4. The van der Waals surface area contributed by atoms with Gasteiger partial charge in [0.1, 0.15) is 0 Å². The Kier molecular flexibility index (Phi) is 7.73. The van der Waals surface area contributed by atoms with Gasteiger partial charge in [-0.05, 0) is 31.2 Å². The maximum atomic E-state index is 11.9. The number of amides is 2. The van der Waals surface area contributed by atoms with E-state index in [0.717, 1.165) is 19.3 Å². The van der Waals surface area contributed by atoms with Crippen molar-refractivity contribution < 1.29 is 9.90 Å². The lowest BCUT2D eigenvalue weighted by Gasteiger charge is -2.21. The first-order valence-electron chi connectivity index (χ1n) is 7.41. The van der Waals surface area contributed by atoms with E-state index in [0.29, 0.717) is 6.42 Å². The predicted octanol–water partition coefficient (Wildman–Crippen LogP) is 2.47. The molecule has 0 aromatic heterocycles. The molecule has 4 heteroatoms. The van der Waals surface area contributed by atoms with Gasteiger partial charge in [0.25, 0.3) is 0 Å². The van der Waals surface area contributed by atoms with Crippen molar-refractivity contribution in [3.63, 3.8) is 0 Å². The zero-order valence-corrected chi connectivity index (χ0v) is 12.4. The average molecular weight is 278 g/mol. The van der Waals surface area contributed by atoms with Gasteiger partial charge in [-0.25, -0.2) is 4.79 Å². The Hall–Kier alpha value is -1.55. The second kappa shape index (κ2) is 9.37. The minimum atomic E-state index is -0.145. The van der Waals surface area contributed by atoms with E-state index in [1.54, 1.807) is 0 Å². The molecular weight excluding hydrogens is 252 g/mol. The molecule has 2 unspecified atom stereocenters. The SMILES string of the molecule is CCC(CCO)NC(=O)NC(CC)Cc1ccccc1. The van der Waals surface area contributed by atoms with Crippen molar-refractivity contribution >= 4 is 6.03 Å². The van der Waals surface area contributed by atoms with Gasteiger partial charge in [-0.15, -0.1) is 0 Å². The lowest BCUT2D eigenvalue weighted by atomic mass is 10.0. The Bertz CT molecular complexity index is 381. The molecule has 4 nitrogen and oxygen atoms in total. The first-order chi connectivity index (χ1) is 9.69. The van der Waals surface area contributed by atoms with Crippen LogP contribution in [0.4, 0.5) is 4.79 Å². The number of aliphatic hydroxyl groups is 1. The van der Waals surface area contributed by atoms with Crippen molar-refractivity contribution in [2.45, 2.75) is 51.6 Å². The molecule has 0 saturated heterocycles. The summed E-state index contributed by atoms with van der Waals surface area (Å²) < 4.78 is 0. The molecular formula is C16H26N2O2. The topological polar surface area (TPSA) is 61.4 Å². The van der Waals surface area contributed by atoms with Crippen LogP contribution in [-0.4, -0.2) is 29.8 Å². The molecule has 2 amide bonds. The molecule has 0 fully saturated rings. The molecule has 1 aromatic rings. The third-order valence-electron chi connectivity index (χ3n) is 3.46. The highest BCUT2D eigenvalue weighted by atomic mass is 16.3. The second-order valence-corrected chi connectivity index (χ2v) is 5.03. The molecule has 3 N–H and O–H groups in total. The molecule has 1 rings (SSSR count). The molecule has 0 aliphatic carbocycles. The molecule has 0 bridgehead atoms. The predicted molar refractivity (Wildman–Crippen MR) is 81.7 cm³/mol. The van der Waals surface area contributed by atoms with Crippen LogP contribution >= 0.6 is 0 Å². The third-order valence-corrected chi connectivity index (χ3v) is 3.46. The maximum Gasteiger partial charge on any atom is 0.315 e. The van der Waals surface area contributed by atoms with Crippen molar-refractivity contribution in [1.82, 2.24) is 10.6 Å². The summed E-state index contributed by atoms with van der Waals surface area (Å²) in [6.07, 6.45) is 3.14. The molecule has 0 spiro atoms. The van der Waals surface area contributed by atoms with Crippen LogP contribution in [0.5, 0.6) is 0 Å². The van der Waals surface area contributed by atoms with E-state index in [2.05, 4.69) is 29.7 Å². The van der Waals surface area contributed by atoms with E-state index in [1.807, 2.05) is 25.1 Å². The monoisotopic (exact) mass is 278 g/mol. The van der Waals surface area contributed by atoms with Crippen LogP contribution in [0.1, 0.15) is 38.7 Å². The highest BCUT2D eigenvalue weighted by molar-refractivity contribution is 5.74. The van der Waals surface area contributed by atoms with Crippen LogP contribution in [0.15, 0.2) is 30.3 Å². The molecule has 20 heavy (non-hydrogen) atoms. The summed E-state index contributed by atoms with van der Waals surface area (Å²) in [5.41, 5.74) is 1.22. The highest BCUT2D eigenvalue weighted by Crippen LogP contribution is 2.05. The van der Waals surface area contributed by atoms with Crippen molar-refractivity contribution in [1.29, 1.82) is 0 Å². The molecule has 1 aromatic carbocycles. The molecule has 112 valence electrons. The zero-order chi connectivity index (χ0) is 14.8. The van der Waals surface area contributed by atoms with Gasteiger partial charge in [0.15, 0.2) is 0 Å². The highest BCUT2D eigenvalue weighted by Gasteiger charge is 2.14. The van der Waals surface area contributed by atoms with Gasteiger partial charge in [-0.1, -0.05) is 44.2 Å². The Morgan fingerprint density at radius 2 is 1.70 bits per heavy atom. The summed E-state index contributed by atoms with van der Waals surface area (Å²) in [7, 11) is 0. The van der Waals surface area contributed by atoms with E-state index < -0.39 is 0 Å². The van der Waals surface area contributed by atoms with Crippen molar-refractivity contribution in [3.8, 4) is 0 Å². The summed E-state index contributed by atoms with van der Waals surface area (Å²) in [4.78, 5) is 11.9. The number of hydrogen-bond acceptors (Lipinski definition) is 2. The Balaban J connectivity index is 2.45. The van der Waals surface area contributed by atoms with Gasteiger partial charge < -0.3 is 15.7 Å². The molecule has 2 atom stereocenters. The van der Waals surface area contributed by atoms with Crippen LogP contribution < -0.4 is 10.6 Å². The van der Waals surface area contributed by atoms with Crippen LogP contribution in [0, 0.1) is 0 Å². The van der Waals surface area contributed by atoms with Crippen LogP contribution in [0.25, 0.3) is 0 Å². The Morgan fingerprint density at radius 1 is 1.10 bits per heavy atom. The van der Waals surface area contributed by atoms with Gasteiger partial charge in [0, 0.05) is 18.7 Å². The lowest BCUT2D eigenvalue weighted by molar-refractivity contribution is 0.224. The summed E-state index contributed by atoms with van der Waals surface area (Å²) >= 11 is 0. The number of nitrogens with one attached hydrogen (secondary N) is 2. The van der Waals surface area contributed by atoms with Crippen LogP contribution in [0.3, 0.4) is 0 Å². The number of hydrogen-bond donors (Lipinski definition) is 3. The summed E-state index contributed by atoms with van der Waals surface area (Å²) in [6.45, 7) is 4.17. The van der Waals surface area contributed by atoms with E-state index in [-0.39, 0.29) is 24.7 Å². The minimum absolute atomic E-state index is 0.0363. The fourth-order valence-electron chi connectivity index (χ4n) is 2.14. The summed E-state index contributed by atoms with van der Waals surface area (Å²) in [5.74, 6) is 0. The molecule has 0 saturated carbocycles. The van der Waals surface area contributed by atoms with Gasteiger partial charge >= 0.3 is 6.03 Å². The lowest BCUT2D eigenvalue weighted by Crippen LogP contribution is -2.46. The van der Waals surface area contributed by atoms with E-state index >= 15 is 0 Å². The average Bonchev–Trinajstić information content (AvgIpc) is 2.47. The number of carbonyl (C=O) groups is 1. The molecule has 0 aliphatic heterocycles. The third kappa shape index (κ3) is 6.06. The number of aliphatic hydroxyl groups excluding tert-OH is 1. The first-order valence-corrected chi connectivity index (χ1v) is 7.41. The first kappa shape index (κ1) is 16.5. The smallest absolute Gasteiger partial charge is 0.315 e. The Morgan fingerprint density at radius 3 is 2.25 bits per heavy atom.